The number of aromatic nitrogens is 2. The van der Waals surface area contributed by atoms with Gasteiger partial charge in [0.2, 0.25) is 5.91 Å². The smallest absolute Gasteiger partial charge is 0.238 e. The van der Waals surface area contributed by atoms with E-state index in [1.165, 1.54) is 0 Å². The van der Waals surface area contributed by atoms with Crippen molar-refractivity contribution in [3.05, 3.63) is 162 Å². The Kier molecular flexibility index (Phi) is 9.41. The molecule has 0 unspecified atom stereocenters. The molecule has 0 atom stereocenters. The lowest BCUT2D eigenvalue weighted by atomic mass is 9.77. The number of nitrogens with zero attached hydrogens (tertiary/aromatic N) is 3. The van der Waals surface area contributed by atoms with Gasteiger partial charge in [-0.2, -0.15) is 0 Å². The van der Waals surface area contributed by atoms with Gasteiger partial charge in [0.05, 0.1) is 12.0 Å². The van der Waals surface area contributed by atoms with Crippen LogP contribution in [-0.2, 0) is 23.2 Å². The fourth-order valence-corrected chi connectivity index (χ4v) is 5.55. The second-order valence-electron chi connectivity index (χ2n) is 10.2. The maximum atomic E-state index is 12.6. The fourth-order valence-electron chi connectivity index (χ4n) is 5.41. The topological polar surface area (TPSA) is 76.2 Å². The second kappa shape index (κ2) is 13.7. The average molecular weight is 574 g/mol. The number of hydrogen-bond donors (Lipinski definition) is 2. The molecule has 4 aromatic carbocycles. The minimum Gasteiger partial charge on any atom is -0.375 e. The number of aryl methyl sites for hydroxylation is 2. The first kappa shape index (κ1) is 28.8. The molecule has 3 N–H and O–H groups in total. The van der Waals surface area contributed by atoms with Gasteiger partial charge in [-0.3, -0.25) is 15.2 Å². The number of nitrogens with two attached hydrogens (primary N) is 1. The largest absolute Gasteiger partial charge is 0.375 e. The Balaban J connectivity index is 1.33. The molecule has 0 saturated carbocycles. The van der Waals surface area contributed by atoms with Crippen molar-refractivity contribution in [3.8, 4) is 0 Å². The number of hydrogen-bond acceptors (Lipinski definition) is 3. The van der Waals surface area contributed by atoms with E-state index >= 15 is 0 Å². The molecular weight excluding hydrogens is 538 g/mol. The minimum absolute atomic E-state index is 0.116. The Morgan fingerprint density at radius 2 is 1.29 bits per heavy atom. The standard InChI is InChI=1S/C35H35N5OS/c36-34(42)40(38-33(41)24-23-28-14-5-1-6-15-28)25-13-22-32-26-39(27-37-32)35(29-16-7-2-8-17-29,30-18-9-3-10-19-30)31-20-11-4-12-21-31/h1-12,14-21,26-27H,13,22-25H2,(H2,36,42)(H,38,41). The average Bonchev–Trinajstić information content (AvgIpc) is 3.51. The molecule has 1 aromatic heterocycles. The maximum absolute atomic E-state index is 12.6. The van der Waals surface area contributed by atoms with Gasteiger partial charge in [0.1, 0.15) is 5.54 Å². The van der Waals surface area contributed by atoms with Gasteiger partial charge in [0.25, 0.3) is 0 Å². The predicted octanol–water partition coefficient (Wildman–Crippen LogP) is 5.87. The number of carbonyl (C=O) groups is 1. The summed E-state index contributed by atoms with van der Waals surface area (Å²) >= 11 is 5.23. The molecule has 212 valence electrons. The molecule has 0 aliphatic carbocycles. The summed E-state index contributed by atoms with van der Waals surface area (Å²) < 4.78 is 2.21. The zero-order chi connectivity index (χ0) is 29.2. The highest BCUT2D eigenvalue weighted by molar-refractivity contribution is 7.80. The van der Waals surface area contributed by atoms with Crippen LogP contribution in [0.4, 0.5) is 0 Å². The lowest BCUT2D eigenvalue weighted by molar-refractivity contribution is -0.124. The molecule has 0 spiro atoms. The van der Waals surface area contributed by atoms with E-state index in [4.69, 9.17) is 22.9 Å². The summed E-state index contributed by atoms with van der Waals surface area (Å²) in [7, 11) is 0. The van der Waals surface area contributed by atoms with Gasteiger partial charge in [0.15, 0.2) is 5.11 Å². The highest BCUT2D eigenvalue weighted by atomic mass is 32.1. The van der Waals surface area contributed by atoms with E-state index in [2.05, 4.69) is 89.0 Å². The Morgan fingerprint density at radius 1 is 0.786 bits per heavy atom. The SMILES string of the molecule is NC(=S)N(CCCc1cn(C(c2ccccc2)(c2ccccc2)c2ccccc2)cn1)NC(=O)CCc1ccccc1. The molecule has 0 aliphatic rings. The van der Waals surface area contributed by atoms with Crippen LogP contribution < -0.4 is 11.2 Å². The molecule has 0 bridgehead atoms. The number of amides is 1. The van der Waals surface area contributed by atoms with Crippen molar-refractivity contribution < 1.29 is 4.79 Å². The highest BCUT2D eigenvalue weighted by Gasteiger charge is 2.38. The normalized spacial score (nSPS) is 11.1. The highest BCUT2D eigenvalue weighted by Crippen LogP contribution is 2.40. The zero-order valence-electron chi connectivity index (χ0n) is 23.5. The Labute approximate surface area is 252 Å². The summed E-state index contributed by atoms with van der Waals surface area (Å²) in [6.45, 7) is 0.487. The van der Waals surface area contributed by atoms with Crippen LogP contribution in [0.1, 0.15) is 40.8 Å². The third kappa shape index (κ3) is 6.58. The van der Waals surface area contributed by atoms with E-state index < -0.39 is 5.54 Å². The summed E-state index contributed by atoms with van der Waals surface area (Å²) in [5.74, 6) is -0.116. The van der Waals surface area contributed by atoms with E-state index in [0.717, 1.165) is 27.9 Å². The molecule has 5 rings (SSSR count). The number of carbonyl (C=O) groups excluding carboxylic acids is 1. The van der Waals surface area contributed by atoms with Gasteiger partial charge in [-0.25, -0.2) is 4.98 Å². The minimum atomic E-state index is -0.605. The first-order chi connectivity index (χ1) is 20.6. The summed E-state index contributed by atoms with van der Waals surface area (Å²) in [5.41, 5.74) is 13.7. The number of thiocarbonyl (C=S) groups is 1. The molecule has 0 radical (unpaired) electrons. The molecule has 6 nitrogen and oxygen atoms in total. The van der Waals surface area contributed by atoms with Gasteiger partial charge in [-0.15, -0.1) is 0 Å². The summed E-state index contributed by atoms with van der Waals surface area (Å²) in [4.78, 5) is 17.4. The molecule has 7 heteroatoms. The number of rotatable bonds is 11. The molecule has 5 aromatic rings. The van der Waals surface area contributed by atoms with E-state index in [0.29, 0.717) is 32.2 Å². The van der Waals surface area contributed by atoms with Crippen molar-refractivity contribution in [2.75, 3.05) is 6.54 Å². The molecule has 0 aliphatic heterocycles. The lowest BCUT2D eigenvalue weighted by Gasteiger charge is -2.37. The number of hydrazine groups is 1. The molecule has 1 amide bonds. The van der Waals surface area contributed by atoms with E-state index in [-0.39, 0.29) is 11.0 Å². The summed E-state index contributed by atoms with van der Waals surface area (Å²) in [5, 5.41) is 1.70. The molecule has 0 fully saturated rings. The van der Waals surface area contributed by atoms with Crippen LogP contribution in [0.3, 0.4) is 0 Å². The lowest BCUT2D eigenvalue weighted by Crippen LogP contribution is -2.49. The van der Waals surface area contributed by atoms with Crippen LogP contribution in [0.15, 0.2) is 134 Å². The van der Waals surface area contributed by atoms with Crippen molar-refractivity contribution in [1.29, 1.82) is 0 Å². The first-order valence-electron chi connectivity index (χ1n) is 14.2. The van der Waals surface area contributed by atoms with Gasteiger partial charge in [0, 0.05) is 19.2 Å². The summed E-state index contributed by atoms with van der Waals surface area (Å²) in [6, 6.07) is 41.5. The molecule has 0 saturated heterocycles. The van der Waals surface area contributed by atoms with Crippen molar-refractivity contribution in [2.45, 2.75) is 31.2 Å². The molecule has 1 heterocycles. The third-order valence-electron chi connectivity index (χ3n) is 7.42. The fraction of sp³-hybridized carbons (Fsp3) is 0.171. The van der Waals surface area contributed by atoms with E-state index in [1.807, 2.05) is 54.9 Å². The number of imidazole rings is 1. The van der Waals surface area contributed by atoms with E-state index in [1.54, 1.807) is 5.01 Å². The predicted molar refractivity (Wildman–Crippen MR) is 172 cm³/mol. The van der Waals surface area contributed by atoms with Gasteiger partial charge >= 0.3 is 0 Å². The monoisotopic (exact) mass is 573 g/mol. The van der Waals surface area contributed by atoms with Crippen LogP contribution in [-0.4, -0.2) is 32.1 Å². The molecule has 42 heavy (non-hydrogen) atoms. The van der Waals surface area contributed by atoms with Crippen LogP contribution in [0, 0.1) is 0 Å². The van der Waals surface area contributed by atoms with E-state index in [9.17, 15) is 4.79 Å². The van der Waals surface area contributed by atoms with Crippen molar-refractivity contribution in [1.82, 2.24) is 20.0 Å². The second-order valence-corrected chi connectivity index (χ2v) is 10.6. The quantitative estimate of drug-likeness (QED) is 0.118. The third-order valence-corrected chi connectivity index (χ3v) is 7.64. The van der Waals surface area contributed by atoms with Crippen LogP contribution in [0.5, 0.6) is 0 Å². The van der Waals surface area contributed by atoms with Gasteiger partial charge < -0.3 is 10.3 Å². The number of benzene rings is 4. The summed E-state index contributed by atoms with van der Waals surface area (Å²) in [6.07, 6.45) is 6.45. The van der Waals surface area contributed by atoms with Gasteiger partial charge in [-0.05, 0) is 53.7 Å². The number of nitrogens with one attached hydrogen (secondary N) is 1. The van der Waals surface area contributed by atoms with Crippen molar-refractivity contribution in [3.63, 3.8) is 0 Å². The van der Waals surface area contributed by atoms with Crippen molar-refractivity contribution in [2.24, 2.45) is 5.73 Å². The van der Waals surface area contributed by atoms with Crippen LogP contribution >= 0.6 is 12.2 Å². The van der Waals surface area contributed by atoms with Crippen LogP contribution in [0.2, 0.25) is 0 Å². The van der Waals surface area contributed by atoms with Crippen molar-refractivity contribution >= 4 is 23.2 Å². The van der Waals surface area contributed by atoms with Gasteiger partial charge in [-0.1, -0.05) is 121 Å². The Hall–Kier alpha value is -4.75. The Morgan fingerprint density at radius 3 is 1.79 bits per heavy atom. The van der Waals surface area contributed by atoms with Crippen LogP contribution in [0.25, 0.3) is 0 Å². The molecular formula is C35H35N5OS. The first-order valence-corrected chi connectivity index (χ1v) is 14.6. The maximum Gasteiger partial charge on any atom is 0.238 e. The zero-order valence-corrected chi connectivity index (χ0v) is 24.3. The Bertz CT molecular complexity index is 1480.